The number of carbonyl (C=O) groups excluding carboxylic acids is 1. The summed E-state index contributed by atoms with van der Waals surface area (Å²) >= 11 is 0. The fourth-order valence-corrected chi connectivity index (χ4v) is 1.82. The summed E-state index contributed by atoms with van der Waals surface area (Å²) in [5, 5.41) is 0. The van der Waals surface area contributed by atoms with Crippen LogP contribution >= 0.6 is 0 Å². The van der Waals surface area contributed by atoms with Gasteiger partial charge in [-0.15, -0.1) is 0 Å². The van der Waals surface area contributed by atoms with Crippen molar-refractivity contribution in [1.82, 2.24) is 4.98 Å². The molecule has 1 aromatic heterocycles. The van der Waals surface area contributed by atoms with Crippen molar-refractivity contribution in [1.29, 1.82) is 0 Å². The minimum atomic E-state index is -0.464. The molecule has 0 aliphatic carbocycles. The molecule has 0 spiro atoms. The van der Waals surface area contributed by atoms with Gasteiger partial charge in [0.2, 0.25) is 5.88 Å². The van der Waals surface area contributed by atoms with Crippen LogP contribution in [0.25, 0.3) is 0 Å². The van der Waals surface area contributed by atoms with Crippen LogP contribution < -0.4 is 10.5 Å². The molecular formula is C14H22N2O3. The lowest BCUT2D eigenvalue weighted by molar-refractivity contribution is 0.0517. The van der Waals surface area contributed by atoms with E-state index in [2.05, 4.69) is 18.8 Å². The first-order chi connectivity index (χ1) is 8.93. The number of nitrogens with zero attached hydrogens (tertiary/aromatic N) is 1. The Labute approximate surface area is 114 Å². The lowest BCUT2D eigenvalue weighted by Gasteiger charge is -2.17. The van der Waals surface area contributed by atoms with Crippen molar-refractivity contribution in [2.75, 3.05) is 12.3 Å². The average molecular weight is 266 g/mol. The normalized spacial score (nSPS) is 12.3. The third kappa shape index (κ3) is 4.77. The molecule has 0 saturated heterocycles. The molecule has 0 radical (unpaired) electrons. The van der Waals surface area contributed by atoms with Gasteiger partial charge in [-0.1, -0.05) is 13.8 Å². The molecule has 5 nitrogen and oxygen atoms in total. The zero-order valence-electron chi connectivity index (χ0n) is 12.0. The molecule has 0 saturated carbocycles. The Balaban J connectivity index is 2.90. The van der Waals surface area contributed by atoms with Gasteiger partial charge in [-0.05, 0) is 32.3 Å². The Morgan fingerprint density at radius 2 is 2.11 bits per heavy atom. The van der Waals surface area contributed by atoms with Gasteiger partial charge in [-0.2, -0.15) is 0 Å². The van der Waals surface area contributed by atoms with Crippen molar-refractivity contribution in [3.63, 3.8) is 0 Å². The smallest absolute Gasteiger partial charge is 0.343 e. The number of aromatic nitrogens is 1. The molecule has 106 valence electrons. The Kier molecular flexibility index (Phi) is 5.60. The van der Waals surface area contributed by atoms with Gasteiger partial charge in [0, 0.05) is 0 Å². The van der Waals surface area contributed by atoms with Gasteiger partial charge in [-0.25, -0.2) is 9.78 Å². The van der Waals surface area contributed by atoms with Gasteiger partial charge in [0.25, 0.3) is 0 Å². The number of rotatable bonds is 6. The Morgan fingerprint density at radius 3 is 2.68 bits per heavy atom. The number of carbonyl (C=O) groups is 1. The molecule has 1 heterocycles. The van der Waals surface area contributed by atoms with Crippen LogP contribution in [0.1, 0.15) is 44.5 Å². The number of esters is 1. The van der Waals surface area contributed by atoms with Crippen LogP contribution in [0.5, 0.6) is 5.88 Å². The highest BCUT2D eigenvalue weighted by molar-refractivity contribution is 5.92. The highest BCUT2D eigenvalue weighted by Gasteiger charge is 2.18. The molecule has 1 aromatic rings. The Bertz CT molecular complexity index is 433. The van der Waals surface area contributed by atoms with E-state index in [1.165, 1.54) is 12.3 Å². The van der Waals surface area contributed by atoms with E-state index in [1.807, 2.05) is 6.92 Å². The van der Waals surface area contributed by atoms with Crippen molar-refractivity contribution < 1.29 is 14.3 Å². The molecule has 1 atom stereocenters. The fourth-order valence-electron chi connectivity index (χ4n) is 1.82. The maximum absolute atomic E-state index is 11.8. The molecule has 0 aliphatic rings. The van der Waals surface area contributed by atoms with E-state index >= 15 is 0 Å². The maximum Gasteiger partial charge on any atom is 0.343 e. The van der Waals surface area contributed by atoms with Crippen LogP contribution in [0.3, 0.4) is 0 Å². The summed E-state index contributed by atoms with van der Waals surface area (Å²) in [4.78, 5) is 15.9. The fraction of sp³-hybridized carbons (Fsp3) is 0.571. The third-order valence-corrected chi connectivity index (χ3v) is 2.48. The van der Waals surface area contributed by atoms with E-state index in [1.54, 1.807) is 6.92 Å². The molecule has 1 unspecified atom stereocenters. The molecule has 0 amide bonds. The minimum absolute atomic E-state index is 0.0238. The van der Waals surface area contributed by atoms with Gasteiger partial charge >= 0.3 is 5.97 Å². The van der Waals surface area contributed by atoms with Crippen LogP contribution in [0.15, 0.2) is 12.3 Å². The first-order valence-electron chi connectivity index (χ1n) is 6.53. The monoisotopic (exact) mass is 266 g/mol. The molecule has 0 aromatic carbocycles. The van der Waals surface area contributed by atoms with Gasteiger partial charge in [0.05, 0.1) is 24.6 Å². The Morgan fingerprint density at radius 1 is 1.42 bits per heavy atom. The van der Waals surface area contributed by atoms with E-state index in [0.29, 0.717) is 18.2 Å². The van der Waals surface area contributed by atoms with Crippen molar-refractivity contribution in [2.24, 2.45) is 5.92 Å². The zero-order valence-corrected chi connectivity index (χ0v) is 12.0. The first-order valence-corrected chi connectivity index (χ1v) is 6.53. The first kappa shape index (κ1) is 15.3. The van der Waals surface area contributed by atoms with Crippen LogP contribution in [-0.4, -0.2) is 23.7 Å². The number of ether oxygens (including phenoxy) is 2. The van der Waals surface area contributed by atoms with Crippen molar-refractivity contribution in [2.45, 2.75) is 40.2 Å². The molecule has 19 heavy (non-hydrogen) atoms. The van der Waals surface area contributed by atoms with E-state index < -0.39 is 5.97 Å². The van der Waals surface area contributed by atoms with Crippen molar-refractivity contribution >= 4 is 11.7 Å². The largest absolute Gasteiger partial charge is 0.474 e. The van der Waals surface area contributed by atoms with E-state index in [9.17, 15) is 4.79 Å². The van der Waals surface area contributed by atoms with Crippen molar-refractivity contribution in [3.05, 3.63) is 17.8 Å². The summed E-state index contributed by atoms with van der Waals surface area (Å²) in [5.74, 6) is 0.324. The minimum Gasteiger partial charge on any atom is -0.474 e. The predicted molar refractivity (Wildman–Crippen MR) is 74.2 cm³/mol. The SMILES string of the molecule is CCOC(=O)c1cc(N)cnc1OC(C)CC(C)C. The number of hydrogen-bond donors (Lipinski definition) is 1. The van der Waals surface area contributed by atoms with Crippen LogP contribution in [0.2, 0.25) is 0 Å². The second-order valence-electron chi connectivity index (χ2n) is 4.90. The maximum atomic E-state index is 11.8. The van der Waals surface area contributed by atoms with Crippen LogP contribution in [0.4, 0.5) is 5.69 Å². The second-order valence-corrected chi connectivity index (χ2v) is 4.90. The molecular weight excluding hydrogens is 244 g/mol. The average Bonchev–Trinajstić information content (AvgIpc) is 2.30. The molecule has 2 N–H and O–H groups in total. The van der Waals surface area contributed by atoms with E-state index in [0.717, 1.165) is 6.42 Å². The molecule has 0 aliphatic heterocycles. The van der Waals surface area contributed by atoms with Gasteiger partial charge in [0.15, 0.2) is 0 Å². The summed E-state index contributed by atoms with van der Waals surface area (Å²) in [6.45, 7) is 8.23. The number of anilines is 1. The lowest BCUT2D eigenvalue weighted by Crippen LogP contribution is -2.18. The molecule has 0 fully saturated rings. The summed E-state index contributed by atoms with van der Waals surface area (Å²) in [6, 6.07) is 1.53. The van der Waals surface area contributed by atoms with Crippen molar-refractivity contribution in [3.8, 4) is 5.88 Å². The summed E-state index contributed by atoms with van der Waals surface area (Å²) in [7, 11) is 0. The Hall–Kier alpha value is -1.78. The predicted octanol–water partition coefficient (Wildman–Crippen LogP) is 2.65. The molecule has 5 heteroatoms. The topological polar surface area (TPSA) is 74.4 Å². The highest BCUT2D eigenvalue weighted by atomic mass is 16.5. The summed E-state index contributed by atoms with van der Waals surface area (Å²) in [5.41, 5.74) is 6.33. The number of nitrogens with two attached hydrogens (primary N) is 1. The number of nitrogen functional groups attached to an aromatic ring is 1. The van der Waals surface area contributed by atoms with E-state index in [-0.39, 0.29) is 17.5 Å². The summed E-state index contributed by atoms with van der Waals surface area (Å²) < 4.78 is 10.7. The lowest BCUT2D eigenvalue weighted by atomic mass is 10.1. The van der Waals surface area contributed by atoms with E-state index in [4.69, 9.17) is 15.2 Å². The zero-order chi connectivity index (χ0) is 14.4. The number of hydrogen-bond acceptors (Lipinski definition) is 5. The highest BCUT2D eigenvalue weighted by Crippen LogP contribution is 2.21. The standard InChI is InChI=1S/C14H22N2O3/c1-5-18-14(17)12-7-11(15)8-16-13(12)19-10(4)6-9(2)3/h7-10H,5-6,15H2,1-4H3. The van der Waals surface area contributed by atoms with Gasteiger partial charge in [0.1, 0.15) is 5.56 Å². The van der Waals surface area contributed by atoms with Crippen LogP contribution in [-0.2, 0) is 4.74 Å². The number of pyridine rings is 1. The quantitative estimate of drug-likeness (QED) is 0.801. The second kappa shape index (κ2) is 6.97. The summed E-state index contributed by atoms with van der Waals surface area (Å²) in [6.07, 6.45) is 2.33. The van der Waals surface area contributed by atoms with Crippen LogP contribution in [0, 0.1) is 5.92 Å². The molecule has 0 bridgehead atoms. The van der Waals surface area contributed by atoms with Gasteiger partial charge < -0.3 is 15.2 Å². The third-order valence-electron chi connectivity index (χ3n) is 2.48. The van der Waals surface area contributed by atoms with Gasteiger partial charge in [-0.3, -0.25) is 0 Å². The molecule has 1 rings (SSSR count).